The molecule has 0 bridgehead atoms. The predicted molar refractivity (Wildman–Crippen MR) is 127 cm³/mol. The monoisotopic (exact) mass is 502 g/mol. The summed E-state index contributed by atoms with van der Waals surface area (Å²) in [6, 6.07) is -0.0743. The molecule has 0 aromatic carbocycles. The van der Waals surface area contributed by atoms with Crippen LogP contribution in [0.2, 0.25) is 0 Å². The summed E-state index contributed by atoms with van der Waals surface area (Å²) in [7, 11) is 1.64. The van der Waals surface area contributed by atoms with Crippen molar-refractivity contribution in [1.82, 2.24) is 25.1 Å². The Balaban J connectivity index is 1.35. The molecule has 1 spiro atoms. The van der Waals surface area contributed by atoms with Crippen molar-refractivity contribution in [2.75, 3.05) is 38.5 Å². The quantitative estimate of drug-likeness (QED) is 0.183. The third-order valence-electron chi connectivity index (χ3n) is 6.67. The standard InChI is InChI=1S/C23H28F2N8O3/c1-28-11-17(26)19(27)33-9-5-22(21(33)35)3-7-32(8-4-22)23(24,25)14-30-18-10-15(2-6-29-18)20-31-16(12-34)13-36-20/h2,6,10-13,27-28H,3-5,7-9,14,26H2,1H3,(H,29,30)/b17-11+,27-19?. The Bertz CT molecular complexity index is 1170. The van der Waals surface area contributed by atoms with E-state index in [1.165, 1.54) is 29.6 Å². The van der Waals surface area contributed by atoms with E-state index in [4.69, 9.17) is 15.6 Å². The second kappa shape index (κ2) is 10.0. The van der Waals surface area contributed by atoms with Crippen LogP contribution in [0, 0.1) is 10.8 Å². The fourth-order valence-corrected chi connectivity index (χ4v) is 4.58. The maximum Gasteiger partial charge on any atom is 0.321 e. The number of rotatable bonds is 8. The molecule has 4 heterocycles. The average molecular weight is 503 g/mol. The van der Waals surface area contributed by atoms with Crippen molar-refractivity contribution in [3.8, 4) is 11.5 Å². The molecule has 2 aromatic heterocycles. The van der Waals surface area contributed by atoms with Gasteiger partial charge in [-0.25, -0.2) is 14.9 Å². The number of nitrogens with two attached hydrogens (primary N) is 1. The fraction of sp³-hybridized carbons (Fsp3) is 0.435. The van der Waals surface area contributed by atoms with Crippen LogP contribution in [-0.2, 0) is 4.79 Å². The molecule has 0 aliphatic carbocycles. The van der Waals surface area contributed by atoms with Crippen molar-refractivity contribution in [3.05, 3.63) is 42.2 Å². The lowest BCUT2D eigenvalue weighted by molar-refractivity contribution is -0.159. The Kier molecular flexibility index (Phi) is 7.02. The molecule has 4 rings (SSSR count). The highest BCUT2D eigenvalue weighted by atomic mass is 19.3. The summed E-state index contributed by atoms with van der Waals surface area (Å²) in [5, 5.41) is 13.6. The Morgan fingerprint density at radius 1 is 1.33 bits per heavy atom. The first-order chi connectivity index (χ1) is 17.2. The minimum Gasteiger partial charge on any atom is -0.444 e. The summed E-state index contributed by atoms with van der Waals surface area (Å²) in [4.78, 5) is 34.4. The molecule has 192 valence electrons. The molecule has 2 saturated heterocycles. The molecule has 36 heavy (non-hydrogen) atoms. The first-order valence-electron chi connectivity index (χ1n) is 11.5. The van der Waals surface area contributed by atoms with E-state index in [-0.39, 0.29) is 60.8 Å². The Morgan fingerprint density at radius 3 is 2.72 bits per heavy atom. The molecule has 11 nitrogen and oxygen atoms in total. The van der Waals surface area contributed by atoms with Gasteiger partial charge in [-0.05, 0) is 31.4 Å². The van der Waals surface area contributed by atoms with Crippen LogP contribution in [0.1, 0.15) is 29.8 Å². The first kappa shape index (κ1) is 25.2. The van der Waals surface area contributed by atoms with Gasteiger partial charge in [0, 0.05) is 44.6 Å². The van der Waals surface area contributed by atoms with Crippen LogP contribution >= 0.6 is 0 Å². The topological polar surface area (TPSA) is 153 Å². The highest BCUT2D eigenvalue weighted by Crippen LogP contribution is 2.43. The normalized spacial score (nSPS) is 18.5. The Labute approximate surface area is 206 Å². The van der Waals surface area contributed by atoms with Crippen LogP contribution in [-0.4, -0.2) is 77.1 Å². The molecule has 2 aromatic rings. The second-order valence-corrected chi connectivity index (χ2v) is 8.86. The van der Waals surface area contributed by atoms with E-state index in [1.54, 1.807) is 13.1 Å². The number of nitrogens with zero attached hydrogens (tertiary/aromatic N) is 4. The third kappa shape index (κ3) is 4.91. The smallest absolute Gasteiger partial charge is 0.321 e. The van der Waals surface area contributed by atoms with E-state index in [2.05, 4.69) is 20.6 Å². The van der Waals surface area contributed by atoms with E-state index in [0.717, 1.165) is 4.90 Å². The summed E-state index contributed by atoms with van der Waals surface area (Å²) < 4.78 is 35.3. The number of amidine groups is 1. The van der Waals surface area contributed by atoms with Gasteiger partial charge in [-0.2, -0.15) is 8.78 Å². The summed E-state index contributed by atoms with van der Waals surface area (Å²) in [5.74, 6) is 0.0809. The number of pyridine rings is 1. The van der Waals surface area contributed by atoms with Crippen molar-refractivity contribution in [3.63, 3.8) is 0 Å². The number of carbonyl (C=O) groups excluding carboxylic acids is 2. The molecule has 0 saturated carbocycles. The van der Waals surface area contributed by atoms with Crippen LogP contribution in [0.5, 0.6) is 0 Å². The molecular formula is C23H28F2N8O3. The molecule has 2 aliphatic rings. The van der Waals surface area contributed by atoms with Crippen molar-refractivity contribution in [2.24, 2.45) is 11.1 Å². The molecule has 13 heteroatoms. The van der Waals surface area contributed by atoms with Gasteiger partial charge in [0.1, 0.15) is 17.8 Å². The Morgan fingerprint density at radius 2 is 2.06 bits per heavy atom. The van der Waals surface area contributed by atoms with Gasteiger partial charge in [-0.1, -0.05) is 0 Å². The predicted octanol–water partition coefficient (Wildman–Crippen LogP) is 1.87. The van der Waals surface area contributed by atoms with Gasteiger partial charge >= 0.3 is 6.05 Å². The van der Waals surface area contributed by atoms with E-state index in [0.29, 0.717) is 24.8 Å². The van der Waals surface area contributed by atoms with Crippen molar-refractivity contribution in [2.45, 2.75) is 25.3 Å². The number of aromatic nitrogens is 2. The van der Waals surface area contributed by atoms with Gasteiger partial charge in [-0.3, -0.25) is 19.9 Å². The van der Waals surface area contributed by atoms with E-state index < -0.39 is 18.0 Å². The number of likely N-dealkylation sites (tertiary alicyclic amines) is 2. The minimum atomic E-state index is -3.18. The molecule has 1 amide bonds. The van der Waals surface area contributed by atoms with Crippen LogP contribution < -0.4 is 16.4 Å². The van der Waals surface area contributed by atoms with Gasteiger partial charge in [0.15, 0.2) is 12.1 Å². The van der Waals surface area contributed by atoms with Gasteiger partial charge < -0.3 is 20.8 Å². The number of nitrogens with one attached hydrogen (secondary N) is 3. The van der Waals surface area contributed by atoms with Gasteiger partial charge in [0.05, 0.1) is 17.7 Å². The summed E-state index contributed by atoms with van der Waals surface area (Å²) in [6.45, 7) is -0.254. The number of hydrogen-bond donors (Lipinski definition) is 4. The summed E-state index contributed by atoms with van der Waals surface area (Å²) in [6.07, 6.45) is 5.68. The maximum absolute atomic E-state index is 15.0. The highest BCUT2D eigenvalue weighted by Gasteiger charge is 2.52. The molecule has 0 radical (unpaired) electrons. The number of piperidine rings is 1. The zero-order valence-electron chi connectivity index (χ0n) is 19.8. The second-order valence-electron chi connectivity index (χ2n) is 8.86. The zero-order chi connectivity index (χ0) is 25.9. The molecule has 5 N–H and O–H groups in total. The molecule has 2 fully saturated rings. The minimum absolute atomic E-state index is 0.0433. The number of hydrogen-bond acceptors (Lipinski definition) is 10. The van der Waals surface area contributed by atoms with E-state index in [9.17, 15) is 9.59 Å². The number of amides is 1. The van der Waals surface area contributed by atoms with Gasteiger partial charge in [0.25, 0.3) is 0 Å². The van der Waals surface area contributed by atoms with Crippen molar-refractivity contribution in [1.29, 1.82) is 5.41 Å². The van der Waals surface area contributed by atoms with Crippen LogP contribution in [0.4, 0.5) is 14.6 Å². The third-order valence-corrected chi connectivity index (χ3v) is 6.67. The maximum atomic E-state index is 15.0. The number of carbonyl (C=O) groups is 2. The summed E-state index contributed by atoms with van der Waals surface area (Å²) >= 11 is 0. The van der Waals surface area contributed by atoms with E-state index in [1.807, 2.05) is 0 Å². The first-order valence-corrected chi connectivity index (χ1v) is 11.5. The lowest BCUT2D eigenvalue weighted by Gasteiger charge is -2.41. The zero-order valence-corrected chi connectivity index (χ0v) is 19.8. The number of halogens is 2. The molecule has 2 aliphatic heterocycles. The molecule has 0 unspecified atom stereocenters. The Hall–Kier alpha value is -3.87. The lowest BCUT2D eigenvalue weighted by atomic mass is 9.77. The van der Waals surface area contributed by atoms with Crippen molar-refractivity contribution < 1.29 is 22.8 Å². The number of anilines is 1. The van der Waals surface area contributed by atoms with Crippen LogP contribution in [0.15, 0.2) is 40.9 Å². The highest BCUT2D eigenvalue weighted by molar-refractivity contribution is 6.08. The fourth-order valence-electron chi connectivity index (χ4n) is 4.58. The number of oxazole rings is 1. The summed E-state index contributed by atoms with van der Waals surface area (Å²) in [5.41, 5.74) is 5.84. The number of alkyl halides is 2. The SMILES string of the molecule is CN/C=C(/N)C(=N)N1CCC2(CCN(C(F)(F)CNc3cc(-c4nc(C=O)co4)ccn3)CC2)C1=O. The average Bonchev–Trinajstić information content (AvgIpc) is 3.48. The lowest BCUT2D eigenvalue weighted by Crippen LogP contribution is -2.53. The number of aldehydes is 1. The van der Waals surface area contributed by atoms with Crippen LogP contribution in [0.25, 0.3) is 11.5 Å². The van der Waals surface area contributed by atoms with E-state index >= 15 is 8.78 Å². The largest absolute Gasteiger partial charge is 0.444 e. The van der Waals surface area contributed by atoms with Crippen molar-refractivity contribution >= 4 is 23.8 Å². The van der Waals surface area contributed by atoms with Crippen LogP contribution in [0.3, 0.4) is 0 Å². The molecule has 0 atom stereocenters. The van der Waals surface area contributed by atoms with Gasteiger partial charge in [0.2, 0.25) is 11.8 Å². The molecular weight excluding hydrogens is 474 g/mol. The van der Waals surface area contributed by atoms with Gasteiger partial charge in [-0.15, -0.1) is 0 Å².